The van der Waals surface area contributed by atoms with Gasteiger partial charge in [-0.05, 0) is 12.0 Å². The van der Waals surface area contributed by atoms with E-state index in [2.05, 4.69) is 34.0 Å². The Morgan fingerprint density at radius 2 is 1.96 bits per heavy atom. The van der Waals surface area contributed by atoms with Crippen LogP contribution in [-0.4, -0.2) is 26.1 Å². The smallest absolute Gasteiger partial charge is 0.320 e. The highest BCUT2D eigenvalue weighted by atomic mass is 16.5. The van der Waals surface area contributed by atoms with E-state index in [1.165, 1.54) is 5.56 Å². The lowest BCUT2D eigenvalue weighted by molar-refractivity contribution is 0.284. The fourth-order valence-electron chi connectivity index (χ4n) is 2.42. The summed E-state index contributed by atoms with van der Waals surface area (Å²) in [5.41, 5.74) is 8.48. The third-order valence-corrected chi connectivity index (χ3v) is 3.65. The van der Waals surface area contributed by atoms with Crippen molar-refractivity contribution in [2.24, 2.45) is 0 Å². The number of hydrogen-bond acceptors (Lipinski definition) is 5. The Bertz CT molecular complexity index is 769. The number of benzene rings is 1. The van der Waals surface area contributed by atoms with Gasteiger partial charge in [-0.15, -0.1) is 0 Å². The van der Waals surface area contributed by atoms with Gasteiger partial charge in [0.25, 0.3) is 0 Å². The third-order valence-electron chi connectivity index (χ3n) is 3.65. The molecule has 0 radical (unpaired) electrons. The quantitative estimate of drug-likeness (QED) is 0.678. The van der Waals surface area contributed by atoms with Crippen LogP contribution in [0.2, 0.25) is 0 Å². The van der Waals surface area contributed by atoms with Crippen molar-refractivity contribution in [3.63, 3.8) is 0 Å². The molecule has 0 saturated carbocycles. The molecular formula is C17H21N5O. The van der Waals surface area contributed by atoms with E-state index in [0.29, 0.717) is 36.1 Å². The average Bonchev–Trinajstić information content (AvgIpc) is 2.96. The number of anilines is 1. The molecule has 0 spiro atoms. The summed E-state index contributed by atoms with van der Waals surface area (Å²) in [6.45, 7) is 3.44. The highest BCUT2D eigenvalue weighted by molar-refractivity contribution is 5.81. The van der Waals surface area contributed by atoms with Gasteiger partial charge in [0.2, 0.25) is 0 Å². The Hall–Kier alpha value is -2.63. The maximum absolute atomic E-state index is 5.99. The second kappa shape index (κ2) is 7.09. The van der Waals surface area contributed by atoms with E-state index in [1.807, 2.05) is 22.8 Å². The van der Waals surface area contributed by atoms with Gasteiger partial charge >= 0.3 is 6.01 Å². The lowest BCUT2D eigenvalue weighted by Crippen LogP contribution is -2.06. The van der Waals surface area contributed by atoms with Gasteiger partial charge in [-0.2, -0.15) is 9.97 Å². The summed E-state index contributed by atoms with van der Waals surface area (Å²) >= 11 is 0. The van der Waals surface area contributed by atoms with E-state index in [0.717, 1.165) is 19.3 Å². The minimum absolute atomic E-state index is 0.320. The molecule has 0 aliphatic carbocycles. The molecule has 0 unspecified atom stereocenters. The first-order valence-electron chi connectivity index (χ1n) is 7.93. The van der Waals surface area contributed by atoms with Gasteiger partial charge in [0.15, 0.2) is 17.0 Å². The number of rotatable bonds is 7. The van der Waals surface area contributed by atoms with Crippen LogP contribution < -0.4 is 10.5 Å². The monoisotopic (exact) mass is 311 g/mol. The zero-order valence-electron chi connectivity index (χ0n) is 13.3. The molecule has 0 fully saturated rings. The first kappa shape index (κ1) is 15.3. The highest BCUT2D eigenvalue weighted by Crippen LogP contribution is 2.20. The minimum Gasteiger partial charge on any atom is -0.463 e. The van der Waals surface area contributed by atoms with Crippen molar-refractivity contribution < 1.29 is 4.74 Å². The molecule has 0 atom stereocenters. The number of unbranched alkanes of at least 4 members (excludes halogenated alkanes) is 2. The first-order chi connectivity index (χ1) is 11.3. The molecule has 1 aromatic carbocycles. The van der Waals surface area contributed by atoms with Crippen LogP contribution in [0.4, 0.5) is 5.82 Å². The molecule has 120 valence electrons. The molecule has 0 saturated heterocycles. The fourth-order valence-corrected chi connectivity index (χ4v) is 2.42. The molecule has 2 aromatic heterocycles. The van der Waals surface area contributed by atoms with Crippen LogP contribution in [0.5, 0.6) is 6.01 Å². The predicted molar refractivity (Wildman–Crippen MR) is 90.3 cm³/mol. The Balaban J connectivity index is 1.83. The molecule has 3 aromatic rings. The Kier molecular flexibility index (Phi) is 4.71. The number of nitrogens with zero attached hydrogens (tertiary/aromatic N) is 4. The summed E-state index contributed by atoms with van der Waals surface area (Å²) in [6.07, 6.45) is 5.00. The zero-order valence-corrected chi connectivity index (χ0v) is 13.3. The van der Waals surface area contributed by atoms with Crippen LogP contribution >= 0.6 is 0 Å². The van der Waals surface area contributed by atoms with Crippen molar-refractivity contribution in [2.45, 2.75) is 32.7 Å². The van der Waals surface area contributed by atoms with E-state index < -0.39 is 0 Å². The number of fused-ring (bicyclic) bond motifs is 1. The van der Waals surface area contributed by atoms with Gasteiger partial charge in [-0.25, -0.2) is 4.98 Å². The van der Waals surface area contributed by atoms with E-state index in [4.69, 9.17) is 10.5 Å². The van der Waals surface area contributed by atoms with Crippen molar-refractivity contribution in [1.82, 2.24) is 19.5 Å². The summed E-state index contributed by atoms with van der Waals surface area (Å²) in [5, 5.41) is 0. The second-order valence-electron chi connectivity index (χ2n) is 5.48. The molecule has 0 amide bonds. The van der Waals surface area contributed by atoms with Crippen LogP contribution in [0.3, 0.4) is 0 Å². The van der Waals surface area contributed by atoms with Gasteiger partial charge < -0.3 is 15.0 Å². The summed E-state index contributed by atoms with van der Waals surface area (Å²) < 4.78 is 7.59. The molecule has 2 N–H and O–H groups in total. The van der Waals surface area contributed by atoms with Gasteiger partial charge in [0, 0.05) is 0 Å². The standard InChI is InChI=1S/C17H21N5O/c1-2-3-7-10-23-17-20-15(18)14-16(21-17)22(12-19-14)11-13-8-5-4-6-9-13/h4-6,8-9,12H,2-3,7,10-11H2,1H3,(H2,18,20,21). The Labute approximate surface area is 135 Å². The van der Waals surface area contributed by atoms with Crippen LogP contribution in [0.1, 0.15) is 31.7 Å². The molecular weight excluding hydrogens is 290 g/mol. The maximum atomic E-state index is 5.99. The number of imidazole rings is 1. The van der Waals surface area contributed by atoms with Crippen molar-refractivity contribution in [3.05, 3.63) is 42.2 Å². The van der Waals surface area contributed by atoms with Gasteiger partial charge in [-0.3, -0.25) is 0 Å². The number of nitrogen functional groups attached to an aromatic ring is 1. The SMILES string of the molecule is CCCCCOc1nc(N)c2ncn(Cc3ccccc3)c2n1. The molecule has 0 aliphatic rings. The average molecular weight is 311 g/mol. The van der Waals surface area contributed by atoms with Crippen molar-refractivity contribution >= 4 is 17.0 Å². The Morgan fingerprint density at radius 1 is 1.13 bits per heavy atom. The molecule has 0 bridgehead atoms. The van der Waals surface area contributed by atoms with E-state index in [1.54, 1.807) is 6.33 Å². The van der Waals surface area contributed by atoms with Gasteiger partial charge in [0.05, 0.1) is 19.5 Å². The van der Waals surface area contributed by atoms with E-state index >= 15 is 0 Å². The third kappa shape index (κ3) is 3.59. The van der Waals surface area contributed by atoms with Gasteiger partial charge in [0.1, 0.15) is 0 Å². The molecule has 3 rings (SSSR count). The van der Waals surface area contributed by atoms with Crippen LogP contribution in [-0.2, 0) is 6.54 Å². The van der Waals surface area contributed by atoms with Crippen LogP contribution in [0.25, 0.3) is 11.2 Å². The molecule has 6 nitrogen and oxygen atoms in total. The number of hydrogen-bond donors (Lipinski definition) is 1. The largest absolute Gasteiger partial charge is 0.463 e. The number of nitrogens with two attached hydrogens (primary N) is 1. The topological polar surface area (TPSA) is 78.9 Å². The van der Waals surface area contributed by atoms with E-state index in [9.17, 15) is 0 Å². The van der Waals surface area contributed by atoms with Crippen LogP contribution in [0.15, 0.2) is 36.7 Å². The van der Waals surface area contributed by atoms with Crippen molar-refractivity contribution in [1.29, 1.82) is 0 Å². The normalized spacial score (nSPS) is 11.0. The highest BCUT2D eigenvalue weighted by Gasteiger charge is 2.12. The minimum atomic E-state index is 0.320. The fraction of sp³-hybridized carbons (Fsp3) is 0.353. The number of aromatic nitrogens is 4. The van der Waals surface area contributed by atoms with E-state index in [-0.39, 0.29) is 0 Å². The lowest BCUT2D eigenvalue weighted by Gasteiger charge is -2.07. The lowest BCUT2D eigenvalue weighted by atomic mass is 10.2. The van der Waals surface area contributed by atoms with Crippen LogP contribution in [0, 0.1) is 0 Å². The maximum Gasteiger partial charge on any atom is 0.320 e. The Morgan fingerprint density at radius 3 is 2.74 bits per heavy atom. The molecule has 2 heterocycles. The van der Waals surface area contributed by atoms with Crippen molar-refractivity contribution in [3.8, 4) is 6.01 Å². The predicted octanol–water partition coefficient (Wildman–Crippen LogP) is 3.03. The summed E-state index contributed by atoms with van der Waals surface area (Å²) in [4.78, 5) is 13.0. The molecule has 0 aliphatic heterocycles. The second-order valence-corrected chi connectivity index (χ2v) is 5.48. The number of ether oxygens (including phenoxy) is 1. The summed E-state index contributed by atoms with van der Waals surface area (Å²) in [7, 11) is 0. The summed E-state index contributed by atoms with van der Waals surface area (Å²) in [5.74, 6) is 0.354. The molecule has 23 heavy (non-hydrogen) atoms. The van der Waals surface area contributed by atoms with Gasteiger partial charge in [-0.1, -0.05) is 50.1 Å². The first-order valence-corrected chi connectivity index (χ1v) is 7.93. The zero-order chi connectivity index (χ0) is 16.1. The summed E-state index contributed by atoms with van der Waals surface area (Å²) in [6, 6.07) is 10.5. The van der Waals surface area contributed by atoms with Crippen molar-refractivity contribution in [2.75, 3.05) is 12.3 Å². The molecule has 6 heteroatoms.